The fourth-order valence-electron chi connectivity index (χ4n) is 2.52. The highest BCUT2D eigenvalue weighted by atomic mass is 19.2. The Hall–Kier alpha value is -1.65. The number of hydrogen-bond acceptors (Lipinski definition) is 2. The van der Waals surface area contributed by atoms with E-state index in [2.05, 4.69) is 16.9 Å². The molecule has 0 spiro atoms. The number of nitrogens with zero attached hydrogens (tertiary/aromatic N) is 3. The van der Waals surface area contributed by atoms with Crippen molar-refractivity contribution < 1.29 is 13.5 Å². The van der Waals surface area contributed by atoms with Crippen LogP contribution in [-0.2, 0) is 4.74 Å². The lowest BCUT2D eigenvalue weighted by atomic mass is 9.88. The monoisotopic (exact) mass is 311 g/mol. The molecule has 0 aliphatic heterocycles. The van der Waals surface area contributed by atoms with E-state index in [1.54, 1.807) is 6.07 Å². The molecule has 1 unspecified atom stereocenters. The molecule has 0 aromatic heterocycles. The predicted octanol–water partition coefficient (Wildman–Crippen LogP) is 5.55. The van der Waals surface area contributed by atoms with Gasteiger partial charge < -0.3 is 4.74 Å². The molecule has 1 aromatic rings. The molecular weight excluding hydrogens is 288 g/mol. The van der Waals surface area contributed by atoms with E-state index in [4.69, 9.17) is 10.3 Å². The Morgan fingerprint density at radius 3 is 2.73 bits per heavy atom. The smallest absolute Gasteiger partial charge is 0.164 e. The van der Waals surface area contributed by atoms with E-state index in [-0.39, 0.29) is 24.6 Å². The summed E-state index contributed by atoms with van der Waals surface area (Å²) in [4.78, 5) is 2.66. The normalized spacial score (nSPS) is 13.5. The van der Waals surface area contributed by atoms with Crippen molar-refractivity contribution in [2.75, 3.05) is 13.2 Å². The van der Waals surface area contributed by atoms with Gasteiger partial charge in [-0.1, -0.05) is 50.4 Å². The average Bonchev–Trinajstić information content (AvgIpc) is 2.53. The van der Waals surface area contributed by atoms with E-state index in [0.717, 1.165) is 31.7 Å². The van der Waals surface area contributed by atoms with Crippen molar-refractivity contribution in [2.45, 2.75) is 45.6 Å². The van der Waals surface area contributed by atoms with Crippen LogP contribution in [-0.4, -0.2) is 13.2 Å². The minimum Gasteiger partial charge on any atom is -0.373 e. The van der Waals surface area contributed by atoms with Gasteiger partial charge in [-0.25, -0.2) is 8.78 Å². The summed E-state index contributed by atoms with van der Waals surface area (Å²) in [7, 11) is 0. The van der Waals surface area contributed by atoms with Crippen LogP contribution < -0.4 is 0 Å². The molecule has 0 heterocycles. The lowest BCUT2D eigenvalue weighted by Gasteiger charge is -2.27. The summed E-state index contributed by atoms with van der Waals surface area (Å²) in [5.74, 6) is -1.62. The Balaban J connectivity index is 2.97. The molecule has 0 aliphatic rings. The Morgan fingerprint density at radius 1 is 1.32 bits per heavy atom. The van der Waals surface area contributed by atoms with Crippen LogP contribution in [0.25, 0.3) is 10.4 Å². The number of halogens is 2. The van der Waals surface area contributed by atoms with Gasteiger partial charge in [0.1, 0.15) is 0 Å². The molecule has 0 bridgehead atoms. The first-order chi connectivity index (χ1) is 10.7. The van der Waals surface area contributed by atoms with Gasteiger partial charge in [0.15, 0.2) is 11.6 Å². The van der Waals surface area contributed by atoms with Crippen LogP contribution in [0, 0.1) is 17.6 Å². The summed E-state index contributed by atoms with van der Waals surface area (Å²) in [6, 6.07) is 4.15. The molecular formula is C16H23F2N3O. The van der Waals surface area contributed by atoms with Crippen molar-refractivity contribution in [1.29, 1.82) is 0 Å². The summed E-state index contributed by atoms with van der Waals surface area (Å²) < 4.78 is 33.4. The second-order valence-corrected chi connectivity index (χ2v) is 5.20. The molecule has 0 aliphatic carbocycles. The van der Waals surface area contributed by atoms with E-state index in [9.17, 15) is 8.78 Å². The van der Waals surface area contributed by atoms with Crippen LogP contribution >= 0.6 is 0 Å². The standard InChI is InChI=1S/C16H23F2N3O/c1-3-5-7-12(4-2)16(22-11-10-20-21-19)13-8-6-9-14(17)15(13)18/h6,8-9,12,16H,3-5,7,10-11H2,1-2H3/t12-,16?/m0/s1. The van der Waals surface area contributed by atoms with E-state index < -0.39 is 17.7 Å². The third-order valence-corrected chi connectivity index (χ3v) is 3.72. The average molecular weight is 311 g/mol. The van der Waals surface area contributed by atoms with Crippen molar-refractivity contribution in [2.24, 2.45) is 11.0 Å². The predicted molar refractivity (Wildman–Crippen MR) is 82.4 cm³/mol. The third-order valence-electron chi connectivity index (χ3n) is 3.72. The third kappa shape index (κ3) is 5.28. The highest BCUT2D eigenvalue weighted by molar-refractivity contribution is 5.22. The van der Waals surface area contributed by atoms with Crippen LogP contribution in [0.5, 0.6) is 0 Å². The van der Waals surface area contributed by atoms with Crippen molar-refractivity contribution in [3.63, 3.8) is 0 Å². The quantitative estimate of drug-likeness (QED) is 0.242. The van der Waals surface area contributed by atoms with E-state index in [0.29, 0.717) is 0 Å². The minimum absolute atomic E-state index is 0.0994. The van der Waals surface area contributed by atoms with Gasteiger partial charge in [-0.2, -0.15) is 0 Å². The van der Waals surface area contributed by atoms with Gasteiger partial charge in [-0.3, -0.25) is 0 Å². The van der Waals surface area contributed by atoms with Gasteiger partial charge >= 0.3 is 0 Å². The molecule has 0 N–H and O–H groups in total. The fraction of sp³-hybridized carbons (Fsp3) is 0.625. The van der Waals surface area contributed by atoms with Crippen LogP contribution in [0.2, 0.25) is 0 Å². The Morgan fingerprint density at radius 2 is 2.09 bits per heavy atom. The van der Waals surface area contributed by atoms with Crippen LogP contribution in [0.3, 0.4) is 0 Å². The maximum Gasteiger partial charge on any atom is 0.164 e. The summed E-state index contributed by atoms with van der Waals surface area (Å²) in [5, 5.41) is 3.41. The number of rotatable bonds is 10. The highest BCUT2D eigenvalue weighted by Crippen LogP contribution is 2.34. The van der Waals surface area contributed by atoms with Crippen molar-refractivity contribution in [3.8, 4) is 0 Å². The molecule has 0 amide bonds. The zero-order valence-corrected chi connectivity index (χ0v) is 13.1. The molecule has 22 heavy (non-hydrogen) atoms. The van der Waals surface area contributed by atoms with Crippen molar-refractivity contribution in [3.05, 3.63) is 45.8 Å². The Bertz CT molecular complexity index is 504. The Kier molecular flexibility index (Phi) is 8.48. The summed E-state index contributed by atoms with van der Waals surface area (Å²) in [5.41, 5.74) is 8.53. The van der Waals surface area contributed by atoms with Gasteiger partial charge in [0.05, 0.1) is 12.7 Å². The van der Waals surface area contributed by atoms with Crippen LogP contribution in [0.1, 0.15) is 51.2 Å². The Labute approximate surface area is 130 Å². The second kappa shape index (κ2) is 10.1. The summed E-state index contributed by atoms with van der Waals surface area (Å²) in [6.07, 6.45) is 3.21. The molecule has 0 saturated heterocycles. The van der Waals surface area contributed by atoms with Crippen LogP contribution in [0.4, 0.5) is 8.78 Å². The van der Waals surface area contributed by atoms with E-state index >= 15 is 0 Å². The number of azide groups is 1. The minimum atomic E-state index is -0.869. The molecule has 0 fully saturated rings. The largest absolute Gasteiger partial charge is 0.373 e. The van der Waals surface area contributed by atoms with Gasteiger partial charge in [-0.05, 0) is 23.9 Å². The zero-order chi connectivity index (χ0) is 16.4. The number of hydrogen-bond donors (Lipinski definition) is 0. The molecule has 0 radical (unpaired) electrons. The molecule has 1 aromatic carbocycles. The molecule has 0 saturated carbocycles. The number of ether oxygens (including phenoxy) is 1. The zero-order valence-electron chi connectivity index (χ0n) is 13.1. The molecule has 4 nitrogen and oxygen atoms in total. The molecule has 6 heteroatoms. The maximum absolute atomic E-state index is 14.1. The van der Waals surface area contributed by atoms with Gasteiger partial charge in [0.2, 0.25) is 0 Å². The topological polar surface area (TPSA) is 58.0 Å². The number of benzene rings is 1. The molecule has 1 rings (SSSR count). The summed E-state index contributed by atoms with van der Waals surface area (Å²) >= 11 is 0. The summed E-state index contributed by atoms with van der Waals surface area (Å²) in [6.45, 7) is 4.47. The van der Waals surface area contributed by atoms with E-state index in [1.165, 1.54) is 6.07 Å². The maximum atomic E-state index is 14.1. The van der Waals surface area contributed by atoms with Gasteiger partial charge in [-0.15, -0.1) is 0 Å². The first-order valence-electron chi connectivity index (χ1n) is 7.72. The fourth-order valence-corrected chi connectivity index (χ4v) is 2.52. The first kappa shape index (κ1) is 18.4. The van der Waals surface area contributed by atoms with Crippen molar-refractivity contribution >= 4 is 0 Å². The van der Waals surface area contributed by atoms with Crippen molar-refractivity contribution in [1.82, 2.24) is 0 Å². The molecule has 2 atom stereocenters. The van der Waals surface area contributed by atoms with Crippen LogP contribution in [0.15, 0.2) is 23.3 Å². The second-order valence-electron chi connectivity index (χ2n) is 5.20. The highest BCUT2D eigenvalue weighted by Gasteiger charge is 2.26. The number of unbranched alkanes of at least 4 members (excludes halogenated alkanes) is 1. The van der Waals surface area contributed by atoms with Gasteiger partial charge in [0, 0.05) is 17.0 Å². The lowest BCUT2D eigenvalue weighted by molar-refractivity contribution is 0.00739. The van der Waals surface area contributed by atoms with Gasteiger partial charge in [0.25, 0.3) is 0 Å². The lowest BCUT2D eigenvalue weighted by Crippen LogP contribution is -2.19. The molecule has 122 valence electrons. The van der Waals surface area contributed by atoms with E-state index in [1.807, 2.05) is 6.92 Å². The first-order valence-corrected chi connectivity index (χ1v) is 7.72. The SMILES string of the molecule is CCCC[C@H](CC)C(OCCN=[N+]=[N-])c1cccc(F)c1F.